The number of carbonyl (C=O) groups excluding carboxylic acids is 1. The van der Waals surface area contributed by atoms with Gasteiger partial charge in [-0.2, -0.15) is 0 Å². The van der Waals surface area contributed by atoms with Crippen molar-refractivity contribution in [3.8, 4) is 0 Å². The third-order valence-corrected chi connectivity index (χ3v) is 3.17. The number of carbonyl (C=O) groups is 1. The van der Waals surface area contributed by atoms with Crippen LogP contribution in [0.25, 0.3) is 0 Å². The summed E-state index contributed by atoms with van der Waals surface area (Å²) in [6.07, 6.45) is 2.60. The molecule has 0 aliphatic carbocycles. The van der Waals surface area contributed by atoms with E-state index in [2.05, 4.69) is 34.4 Å². The van der Waals surface area contributed by atoms with E-state index in [-0.39, 0.29) is 5.91 Å². The second-order valence-corrected chi connectivity index (χ2v) is 5.36. The molecule has 0 unspecified atom stereocenters. The Morgan fingerprint density at radius 1 is 1.14 bits per heavy atom. The lowest BCUT2D eigenvalue weighted by Crippen LogP contribution is -2.25. The van der Waals surface area contributed by atoms with Crippen molar-refractivity contribution in [2.45, 2.75) is 26.2 Å². The summed E-state index contributed by atoms with van der Waals surface area (Å²) in [6, 6.07) is 11.1. The largest absolute Gasteiger partial charge is 0.370 e. The first-order valence-corrected chi connectivity index (χ1v) is 7.57. The van der Waals surface area contributed by atoms with Crippen molar-refractivity contribution in [2.24, 2.45) is 0 Å². The molecule has 2 N–H and O–H groups in total. The van der Waals surface area contributed by atoms with Crippen LogP contribution in [-0.4, -0.2) is 29.0 Å². The number of nitrogens with one attached hydrogen (secondary N) is 2. The number of nitrogens with zero attached hydrogens (tertiary/aromatic N) is 2. The van der Waals surface area contributed by atoms with E-state index in [1.807, 2.05) is 36.4 Å². The maximum absolute atomic E-state index is 11.8. The summed E-state index contributed by atoms with van der Waals surface area (Å²) in [5.74, 6) is 1.94. The van der Waals surface area contributed by atoms with E-state index in [1.54, 1.807) is 6.20 Å². The minimum Gasteiger partial charge on any atom is -0.370 e. The Hall–Kier alpha value is -2.43. The van der Waals surface area contributed by atoms with Gasteiger partial charge in [0.05, 0.1) is 0 Å². The van der Waals surface area contributed by atoms with Gasteiger partial charge < -0.3 is 10.6 Å². The van der Waals surface area contributed by atoms with Gasteiger partial charge in [-0.05, 0) is 24.6 Å². The van der Waals surface area contributed by atoms with Crippen molar-refractivity contribution in [1.29, 1.82) is 0 Å². The van der Waals surface area contributed by atoms with E-state index in [1.165, 1.54) is 0 Å². The number of amides is 1. The summed E-state index contributed by atoms with van der Waals surface area (Å²) in [5.41, 5.74) is 0.688. The first-order valence-electron chi connectivity index (χ1n) is 7.57. The highest BCUT2D eigenvalue weighted by molar-refractivity contribution is 5.94. The molecule has 0 atom stereocenters. The van der Waals surface area contributed by atoms with E-state index in [0.29, 0.717) is 18.0 Å². The number of anilines is 1. The predicted molar refractivity (Wildman–Crippen MR) is 88.0 cm³/mol. The Kier molecular flexibility index (Phi) is 5.89. The molecule has 22 heavy (non-hydrogen) atoms. The molecule has 0 spiro atoms. The molecule has 5 nitrogen and oxygen atoms in total. The highest BCUT2D eigenvalue weighted by atomic mass is 16.1. The van der Waals surface area contributed by atoms with Crippen LogP contribution in [0.1, 0.15) is 42.4 Å². The van der Waals surface area contributed by atoms with Gasteiger partial charge in [-0.15, -0.1) is 0 Å². The van der Waals surface area contributed by atoms with Crippen molar-refractivity contribution >= 4 is 11.7 Å². The zero-order valence-corrected chi connectivity index (χ0v) is 13.0. The quantitative estimate of drug-likeness (QED) is 0.771. The fourth-order valence-electron chi connectivity index (χ4n) is 1.95. The average molecular weight is 298 g/mol. The van der Waals surface area contributed by atoms with Crippen LogP contribution in [0.3, 0.4) is 0 Å². The van der Waals surface area contributed by atoms with Crippen molar-refractivity contribution in [1.82, 2.24) is 15.3 Å². The molecular weight excluding hydrogens is 276 g/mol. The summed E-state index contributed by atoms with van der Waals surface area (Å²) in [5, 5.41) is 6.15. The van der Waals surface area contributed by atoms with Gasteiger partial charge in [-0.3, -0.25) is 4.79 Å². The highest BCUT2D eigenvalue weighted by Crippen LogP contribution is 2.10. The summed E-state index contributed by atoms with van der Waals surface area (Å²) < 4.78 is 0. The molecule has 0 saturated heterocycles. The molecule has 5 heteroatoms. The molecule has 1 amide bonds. The monoisotopic (exact) mass is 298 g/mol. The number of hydrogen-bond donors (Lipinski definition) is 2. The Balaban J connectivity index is 1.69. The van der Waals surface area contributed by atoms with Crippen molar-refractivity contribution in [3.63, 3.8) is 0 Å². The zero-order chi connectivity index (χ0) is 15.8. The minimum absolute atomic E-state index is 0.0373. The molecule has 1 heterocycles. The third kappa shape index (κ3) is 4.84. The SMILES string of the molecule is CC(C)c1nccc(NCCCNC(=O)c2ccccc2)n1. The Labute approximate surface area is 131 Å². The first kappa shape index (κ1) is 15.9. The summed E-state index contributed by atoms with van der Waals surface area (Å²) in [6.45, 7) is 5.52. The molecule has 0 radical (unpaired) electrons. The summed E-state index contributed by atoms with van der Waals surface area (Å²) >= 11 is 0. The van der Waals surface area contributed by atoms with E-state index >= 15 is 0 Å². The minimum atomic E-state index is -0.0373. The van der Waals surface area contributed by atoms with Gasteiger partial charge in [-0.1, -0.05) is 32.0 Å². The molecule has 1 aromatic carbocycles. The van der Waals surface area contributed by atoms with Crippen LogP contribution >= 0.6 is 0 Å². The lowest BCUT2D eigenvalue weighted by molar-refractivity contribution is 0.0953. The second kappa shape index (κ2) is 8.12. The van der Waals surface area contributed by atoms with Crippen LogP contribution in [-0.2, 0) is 0 Å². The average Bonchev–Trinajstić information content (AvgIpc) is 2.55. The standard InChI is InChI=1S/C17H22N4O/c1-13(2)16-19-12-9-15(21-16)18-10-6-11-20-17(22)14-7-4-3-5-8-14/h3-5,7-9,12-13H,6,10-11H2,1-2H3,(H,20,22)(H,18,19,21). The van der Waals surface area contributed by atoms with Crippen LogP contribution in [0.2, 0.25) is 0 Å². The normalized spacial score (nSPS) is 10.5. The maximum Gasteiger partial charge on any atom is 0.251 e. The molecule has 0 bridgehead atoms. The summed E-state index contributed by atoms with van der Waals surface area (Å²) in [7, 11) is 0. The molecular formula is C17H22N4O. The topological polar surface area (TPSA) is 66.9 Å². The molecule has 0 aliphatic rings. The van der Waals surface area contributed by atoms with E-state index in [9.17, 15) is 4.79 Å². The van der Waals surface area contributed by atoms with Gasteiger partial charge in [0.2, 0.25) is 0 Å². The Morgan fingerprint density at radius 3 is 2.64 bits per heavy atom. The molecule has 2 aromatic rings. The Morgan fingerprint density at radius 2 is 1.91 bits per heavy atom. The summed E-state index contributed by atoms with van der Waals surface area (Å²) in [4.78, 5) is 20.5. The lowest BCUT2D eigenvalue weighted by Gasteiger charge is -2.09. The number of aromatic nitrogens is 2. The van der Waals surface area contributed by atoms with Crippen molar-refractivity contribution < 1.29 is 4.79 Å². The second-order valence-electron chi connectivity index (χ2n) is 5.36. The third-order valence-electron chi connectivity index (χ3n) is 3.17. The molecule has 2 rings (SSSR count). The van der Waals surface area contributed by atoms with Gasteiger partial charge in [0.1, 0.15) is 11.6 Å². The van der Waals surface area contributed by atoms with Crippen LogP contribution in [0.5, 0.6) is 0 Å². The van der Waals surface area contributed by atoms with E-state index in [4.69, 9.17) is 0 Å². The molecule has 116 valence electrons. The van der Waals surface area contributed by atoms with E-state index < -0.39 is 0 Å². The fourth-order valence-corrected chi connectivity index (χ4v) is 1.95. The van der Waals surface area contributed by atoms with Gasteiger partial charge in [0, 0.05) is 30.8 Å². The van der Waals surface area contributed by atoms with E-state index in [0.717, 1.165) is 24.6 Å². The van der Waals surface area contributed by atoms with Gasteiger partial charge >= 0.3 is 0 Å². The van der Waals surface area contributed by atoms with Gasteiger partial charge in [0.15, 0.2) is 0 Å². The molecule has 1 aromatic heterocycles. The Bertz CT molecular complexity index is 599. The van der Waals surface area contributed by atoms with Crippen molar-refractivity contribution in [2.75, 3.05) is 18.4 Å². The number of benzene rings is 1. The molecule has 0 fully saturated rings. The number of hydrogen-bond acceptors (Lipinski definition) is 4. The van der Waals surface area contributed by atoms with Crippen LogP contribution in [0.15, 0.2) is 42.6 Å². The van der Waals surface area contributed by atoms with Gasteiger partial charge in [0.25, 0.3) is 5.91 Å². The van der Waals surface area contributed by atoms with Crippen LogP contribution < -0.4 is 10.6 Å². The molecule has 0 aliphatic heterocycles. The van der Waals surface area contributed by atoms with Crippen LogP contribution in [0.4, 0.5) is 5.82 Å². The smallest absolute Gasteiger partial charge is 0.251 e. The lowest BCUT2D eigenvalue weighted by atomic mass is 10.2. The van der Waals surface area contributed by atoms with Crippen LogP contribution in [0, 0.1) is 0 Å². The fraction of sp³-hybridized carbons (Fsp3) is 0.353. The highest BCUT2D eigenvalue weighted by Gasteiger charge is 2.04. The molecule has 0 saturated carbocycles. The van der Waals surface area contributed by atoms with Crippen molar-refractivity contribution in [3.05, 3.63) is 54.0 Å². The maximum atomic E-state index is 11.8. The zero-order valence-electron chi connectivity index (χ0n) is 13.0. The van der Waals surface area contributed by atoms with Gasteiger partial charge in [-0.25, -0.2) is 9.97 Å². The first-order chi connectivity index (χ1) is 10.7. The number of rotatable bonds is 7. The predicted octanol–water partition coefficient (Wildman–Crippen LogP) is 2.83.